The van der Waals surface area contributed by atoms with Crippen LogP contribution in [0, 0.1) is 0 Å². The lowest BCUT2D eigenvalue weighted by Crippen LogP contribution is -1.78. The molecule has 0 saturated carbocycles. The third kappa shape index (κ3) is 6.23. The second kappa shape index (κ2) is 10.7. The van der Waals surface area contributed by atoms with Gasteiger partial charge < -0.3 is 0 Å². The zero-order valence-corrected chi connectivity index (χ0v) is 19.3. The zero-order chi connectivity index (χ0) is 19.0. The maximum atomic E-state index is 4.27. The fourth-order valence-corrected chi connectivity index (χ4v) is 8.38. The summed E-state index contributed by atoms with van der Waals surface area (Å²) in [5.74, 6) is 1.82. The summed E-state index contributed by atoms with van der Waals surface area (Å²) < 4.78 is 3.86. The van der Waals surface area contributed by atoms with E-state index in [2.05, 4.69) is 68.9 Å². The number of benzene rings is 2. The van der Waals surface area contributed by atoms with Crippen molar-refractivity contribution in [1.82, 2.24) is 20.4 Å². The van der Waals surface area contributed by atoms with E-state index in [1.54, 1.807) is 67.8 Å². The molecule has 0 N–H and O–H groups in total. The second-order valence-electron chi connectivity index (χ2n) is 5.38. The Morgan fingerprint density at radius 1 is 0.536 bits per heavy atom. The van der Waals surface area contributed by atoms with Gasteiger partial charge in [-0.2, -0.15) is 0 Å². The zero-order valence-electron chi connectivity index (χ0n) is 14.4. The molecule has 0 amide bonds. The number of nitrogens with zero attached hydrogens (tertiary/aromatic N) is 4. The van der Waals surface area contributed by atoms with Gasteiger partial charge >= 0.3 is 0 Å². The third-order valence-electron chi connectivity index (χ3n) is 3.37. The first-order valence-corrected chi connectivity index (χ1v) is 14.0. The van der Waals surface area contributed by atoms with Crippen LogP contribution in [0.3, 0.4) is 0 Å². The summed E-state index contributed by atoms with van der Waals surface area (Å²) in [6.07, 6.45) is 0. The first-order chi connectivity index (χ1) is 13.8. The number of rotatable bonds is 9. The average molecular weight is 479 g/mol. The van der Waals surface area contributed by atoms with Gasteiger partial charge in [0, 0.05) is 11.5 Å². The molecule has 0 fully saturated rings. The highest BCUT2D eigenvalue weighted by Gasteiger charge is 2.10. The number of thioether (sulfide) groups is 2. The van der Waals surface area contributed by atoms with Crippen LogP contribution in [0.2, 0.25) is 0 Å². The first kappa shape index (κ1) is 20.2. The lowest BCUT2D eigenvalue weighted by Gasteiger charge is -1.96. The number of hydrogen-bond acceptors (Lipinski definition) is 10. The maximum absolute atomic E-state index is 4.27. The van der Waals surface area contributed by atoms with E-state index in [9.17, 15) is 0 Å². The third-order valence-corrected chi connectivity index (χ3v) is 10.6. The predicted molar refractivity (Wildman–Crippen MR) is 124 cm³/mol. The minimum atomic E-state index is 0.908. The lowest BCUT2D eigenvalue weighted by atomic mass is 10.2. The molecule has 0 radical (unpaired) electrons. The summed E-state index contributed by atoms with van der Waals surface area (Å²) in [6, 6.07) is 20.8. The van der Waals surface area contributed by atoms with Crippen LogP contribution in [0.5, 0.6) is 0 Å². The molecule has 2 heterocycles. The summed E-state index contributed by atoms with van der Waals surface area (Å²) in [7, 11) is 3.18. The van der Waals surface area contributed by atoms with Gasteiger partial charge in [0.15, 0.2) is 17.4 Å². The Morgan fingerprint density at radius 3 is 1.36 bits per heavy atom. The van der Waals surface area contributed by atoms with E-state index in [1.165, 1.54) is 11.1 Å². The molecule has 0 aliphatic rings. The summed E-state index contributed by atoms with van der Waals surface area (Å²) >= 11 is 6.68. The van der Waals surface area contributed by atoms with E-state index in [1.807, 2.05) is 12.1 Å². The molecule has 10 heteroatoms. The molecule has 0 aliphatic heterocycles. The SMILES string of the molecule is c1ccc(CSc2nnc(SSc3nnc(SCc4ccccc4)s3)s2)cc1. The highest BCUT2D eigenvalue weighted by atomic mass is 33.1. The van der Waals surface area contributed by atoms with Crippen LogP contribution in [0.15, 0.2) is 78.0 Å². The van der Waals surface area contributed by atoms with E-state index < -0.39 is 0 Å². The standard InChI is InChI=1S/C18H14N4S6/c1-3-7-13(8-4-1)11-23-15-19-21-17(25-15)27-28-18-22-20-16(26-18)24-12-14-9-5-2-6-10-14/h1-10H,11-12H2. The molecule has 4 nitrogen and oxygen atoms in total. The van der Waals surface area contributed by atoms with Gasteiger partial charge in [0.1, 0.15) is 0 Å². The molecule has 2 aromatic heterocycles. The minimum absolute atomic E-state index is 0.908. The molecule has 4 aromatic rings. The van der Waals surface area contributed by atoms with E-state index in [0.717, 1.165) is 28.9 Å². The van der Waals surface area contributed by atoms with Crippen molar-refractivity contribution < 1.29 is 0 Å². The van der Waals surface area contributed by atoms with Crippen LogP contribution in [0.1, 0.15) is 11.1 Å². The van der Waals surface area contributed by atoms with Gasteiger partial charge in [-0.1, -0.05) is 107 Å². The summed E-state index contributed by atoms with van der Waals surface area (Å²) in [6.45, 7) is 0. The predicted octanol–water partition coefficient (Wildman–Crippen LogP) is 6.77. The molecule has 0 bridgehead atoms. The Kier molecular flexibility index (Phi) is 7.70. The molecule has 0 atom stereocenters. The molecule has 0 saturated heterocycles. The Labute approximate surface area is 187 Å². The van der Waals surface area contributed by atoms with Gasteiger partial charge in [-0.05, 0) is 32.7 Å². The van der Waals surface area contributed by atoms with E-state index in [-0.39, 0.29) is 0 Å². The summed E-state index contributed by atoms with van der Waals surface area (Å²) in [4.78, 5) is 0. The molecule has 4 rings (SSSR count). The van der Waals surface area contributed by atoms with Gasteiger partial charge in [-0.3, -0.25) is 0 Å². The van der Waals surface area contributed by atoms with Crippen molar-refractivity contribution in [2.24, 2.45) is 0 Å². The monoisotopic (exact) mass is 478 g/mol. The Balaban J connectivity index is 1.24. The van der Waals surface area contributed by atoms with Crippen LogP contribution in [-0.2, 0) is 11.5 Å². The van der Waals surface area contributed by atoms with Crippen molar-refractivity contribution in [2.75, 3.05) is 0 Å². The van der Waals surface area contributed by atoms with Crippen LogP contribution < -0.4 is 0 Å². The second-order valence-corrected chi connectivity index (χ2v) is 12.4. The maximum Gasteiger partial charge on any atom is 0.186 e. The molecule has 0 aliphatic carbocycles. The van der Waals surface area contributed by atoms with Crippen LogP contribution in [0.25, 0.3) is 0 Å². The van der Waals surface area contributed by atoms with Crippen molar-refractivity contribution in [3.05, 3.63) is 71.8 Å². The molecule has 0 spiro atoms. The van der Waals surface area contributed by atoms with Crippen molar-refractivity contribution >= 4 is 67.8 Å². The largest absolute Gasteiger partial charge is 0.186 e. The quantitative estimate of drug-likeness (QED) is 0.193. The smallest absolute Gasteiger partial charge is 0.131 e. The molecule has 2 aromatic carbocycles. The highest BCUT2D eigenvalue weighted by molar-refractivity contribution is 8.77. The van der Waals surface area contributed by atoms with Gasteiger partial charge in [0.25, 0.3) is 0 Å². The number of aromatic nitrogens is 4. The van der Waals surface area contributed by atoms with Crippen molar-refractivity contribution in [3.8, 4) is 0 Å². The lowest BCUT2D eigenvalue weighted by molar-refractivity contribution is 0.954. The summed E-state index contributed by atoms with van der Waals surface area (Å²) in [5, 5.41) is 17.1. The van der Waals surface area contributed by atoms with E-state index in [4.69, 9.17) is 0 Å². The molecular formula is C18H14N4S6. The summed E-state index contributed by atoms with van der Waals surface area (Å²) in [5.41, 5.74) is 2.58. The van der Waals surface area contributed by atoms with E-state index >= 15 is 0 Å². The molecular weight excluding hydrogens is 465 g/mol. The minimum Gasteiger partial charge on any atom is -0.131 e. The van der Waals surface area contributed by atoms with Gasteiger partial charge in [0.05, 0.1) is 0 Å². The highest BCUT2D eigenvalue weighted by Crippen LogP contribution is 2.42. The fraction of sp³-hybridized carbons (Fsp3) is 0.111. The van der Waals surface area contributed by atoms with Gasteiger partial charge in [-0.15, -0.1) is 20.4 Å². The number of hydrogen-bond donors (Lipinski definition) is 0. The van der Waals surface area contributed by atoms with Crippen LogP contribution in [0.4, 0.5) is 0 Å². The van der Waals surface area contributed by atoms with E-state index in [0.29, 0.717) is 0 Å². The molecule has 142 valence electrons. The Bertz CT molecular complexity index is 908. The fourth-order valence-electron chi connectivity index (χ4n) is 2.09. The van der Waals surface area contributed by atoms with Crippen LogP contribution >= 0.6 is 67.8 Å². The van der Waals surface area contributed by atoms with Crippen molar-refractivity contribution in [3.63, 3.8) is 0 Å². The Morgan fingerprint density at radius 2 is 0.929 bits per heavy atom. The Hall–Kier alpha value is -1.04. The van der Waals surface area contributed by atoms with Crippen LogP contribution in [-0.4, -0.2) is 20.4 Å². The van der Waals surface area contributed by atoms with Crippen molar-refractivity contribution in [2.45, 2.75) is 28.9 Å². The average Bonchev–Trinajstić information content (AvgIpc) is 3.40. The molecule has 0 unspecified atom stereocenters. The van der Waals surface area contributed by atoms with Gasteiger partial charge in [0.2, 0.25) is 0 Å². The first-order valence-electron chi connectivity index (χ1n) is 8.20. The van der Waals surface area contributed by atoms with Gasteiger partial charge in [-0.25, -0.2) is 0 Å². The topological polar surface area (TPSA) is 51.6 Å². The normalized spacial score (nSPS) is 11.0. The van der Waals surface area contributed by atoms with Crippen molar-refractivity contribution in [1.29, 1.82) is 0 Å². The molecule has 28 heavy (non-hydrogen) atoms.